The number of piperidine rings is 2. The van der Waals surface area contributed by atoms with Gasteiger partial charge in [-0.05, 0) is 69.8 Å². The molecule has 2 aromatic heterocycles. The third-order valence-corrected chi connectivity index (χ3v) is 7.57. The van der Waals surface area contributed by atoms with Crippen molar-refractivity contribution in [3.8, 4) is 0 Å². The van der Waals surface area contributed by atoms with Crippen LogP contribution in [0.2, 0.25) is 0 Å². The summed E-state index contributed by atoms with van der Waals surface area (Å²) in [5.41, 5.74) is 1.05. The Morgan fingerprint density at radius 1 is 1.16 bits per heavy atom. The van der Waals surface area contributed by atoms with E-state index in [1.165, 1.54) is 0 Å². The van der Waals surface area contributed by atoms with E-state index in [1.54, 1.807) is 11.3 Å². The van der Waals surface area contributed by atoms with Gasteiger partial charge in [-0.15, -0.1) is 10.2 Å². The Morgan fingerprint density at radius 2 is 2.00 bits per heavy atom. The number of nitrogens with zero attached hydrogens (tertiary/aromatic N) is 5. The highest BCUT2D eigenvalue weighted by Gasteiger charge is 2.28. The Morgan fingerprint density at radius 3 is 2.74 bits per heavy atom. The number of aryl methyl sites for hydroxylation is 1. The molecule has 1 atom stereocenters. The Labute approximate surface area is 189 Å². The number of amides is 1. The van der Waals surface area contributed by atoms with Gasteiger partial charge < -0.3 is 15.1 Å². The third-order valence-electron chi connectivity index (χ3n) is 6.58. The van der Waals surface area contributed by atoms with Crippen molar-refractivity contribution in [1.29, 1.82) is 0 Å². The molecule has 168 valence electrons. The molecule has 2 aliphatic heterocycles. The van der Waals surface area contributed by atoms with Crippen LogP contribution in [0.3, 0.4) is 0 Å². The highest BCUT2D eigenvalue weighted by Crippen LogP contribution is 2.29. The van der Waals surface area contributed by atoms with Crippen LogP contribution in [0.5, 0.6) is 0 Å². The molecular weight excluding hydrogens is 408 g/mol. The first kappa shape index (κ1) is 22.1. The molecule has 0 saturated carbocycles. The number of rotatable bonds is 7. The fourth-order valence-corrected chi connectivity index (χ4v) is 5.32. The first-order chi connectivity index (χ1) is 15.1. The molecule has 0 bridgehead atoms. The van der Waals surface area contributed by atoms with Gasteiger partial charge in [-0.25, -0.2) is 4.98 Å². The van der Waals surface area contributed by atoms with Crippen molar-refractivity contribution in [2.24, 2.45) is 5.92 Å². The summed E-state index contributed by atoms with van der Waals surface area (Å²) in [6.45, 7) is 9.34. The standard InChI is InChI=1S/C23H34N6OS/c1-3-21-26-27-23(31-21)25-20-9-5-8-19(24-20)18-7-6-12-29(16-18)22(30)15-17-10-13-28(4-2)14-11-17/h5,8-9,17-18H,3-4,6-7,10-16H2,1-2H3,(H,24,25,27)/t18-/m1/s1. The van der Waals surface area contributed by atoms with Gasteiger partial charge in [0.1, 0.15) is 10.8 Å². The van der Waals surface area contributed by atoms with E-state index in [0.717, 1.165) is 86.5 Å². The van der Waals surface area contributed by atoms with Gasteiger partial charge in [0.15, 0.2) is 0 Å². The van der Waals surface area contributed by atoms with Gasteiger partial charge >= 0.3 is 0 Å². The fourth-order valence-electron chi connectivity index (χ4n) is 4.63. The number of anilines is 2. The van der Waals surface area contributed by atoms with Crippen LogP contribution in [0.4, 0.5) is 10.9 Å². The second-order valence-electron chi connectivity index (χ2n) is 8.69. The number of hydrogen-bond acceptors (Lipinski definition) is 7. The molecule has 7 nitrogen and oxygen atoms in total. The molecule has 31 heavy (non-hydrogen) atoms. The Hall–Kier alpha value is -2.06. The molecule has 2 fully saturated rings. The Kier molecular flexibility index (Phi) is 7.50. The van der Waals surface area contributed by atoms with E-state index in [9.17, 15) is 4.79 Å². The average Bonchev–Trinajstić information content (AvgIpc) is 3.27. The molecule has 2 saturated heterocycles. The molecule has 8 heteroatoms. The molecule has 0 radical (unpaired) electrons. The summed E-state index contributed by atoms with van der Waals surface area (Å²) in [4.78, 5) is 22.4. The van der Waals surface area contributed by atoms with Gasteiger partial charge in [-0.3, -0.25) is 4.79 Å². The van der Waals surface area contributed by atoms with E-state index in [2.05, 4.69) is 45.2 Å². The van der Waals surface area contributed by atoms with E-state index in [4.69, 9.17) is 4.98 Å². The first-order valence-electron chi connectivity index (χ1n) is 11.7. The number of pyridine rings is 1. The van der Waals surface area contributed by atoms with Crippen LogP contribution in [0.15, 0.2) is 18.2 Å². The van der Waals surface area contributed by atoms with Gasteiger partial charge in [0.05, 0.1) is 0 Å². The van der Waals surface area contributed by atoms with Crippen molar-refractivity contribution in [3.63, 3.8) is 0 Å². The first-order valence-corrected chi connectivity index (χ1v) is 12.5. The van der Waals surface area contributed by atoms with E-state index in [0.29, 0.717) is 24.2 Å². The normalized spacial score (nSPS) is 20.7. The average molecular weight is 443 g/mol. The quantitative estimate of drug-likeness (QED) is 0.697. The lowest BCUT2D eigenvalue weighted by atomic mass is 9.91. The minimum Gasteiger partial charge on any atom is -0.342 e. The molecule has 0 unspecified atom stereocenters. The van der Waals surface area contributed by atoms with E-state index >= 15 is 0 Å². The van der Waals surface area contributed by atoms with Crippen molar-refractivity contribution in [1.82, 2.24) is 25.0 Å². The van der Waals surface area contributed by atoms with Gasteiger partial charge in [-0.1, -0.05) is 31.3 Å². The summed E-state index contributed by atoms with van der Waals surface area (Å²) in [5.74, 6) is 1.96. The summed E-state index contributed by atoms with van der Waals surface area (Å²) in [6, 6.07) is 6.08. The van der Waals surface area contributed by atoms with Crippen molar-refractivity contribution < 1.29 is 4.79 Å². The van der Waals surface area contributed by atoms with E-state index < -0.39 is 0 Å². The fraction of sp³-hybridized carbons (Fsp3) is 0.652. The van der Waals surface area contributed by atoms with E-state index in [-0.39, 0.29) is 0 Å². The third kappa shape index (κ3) is 5.80. The van der Waals surface area contributed by atoms with Crippen LogP contribution in [-0.2, 0) is 11.2 Å². The van der Waals surface area contributed by atoms with Crippen molar-refractivity contribution in [3.05, 3.63) is 28.9 Å². The minimum absolute atomic E-state index is 0.294. The van der Waals surface area contributed by atoms with Crippen LogP contribution in [-0.4, -0.2) is 63.6 Å². The summed E-state index contributed by atoms with van der Waals surface area (Å²) in [7, 11) is 0. The van der Waals surface area contributed by atoms with Crippen LogP contribution in [0.1, 0.15) is 62.6 Å². The highest BCUT2D eigenvalue weighted by molar-refractivity contribution is 7.15. The van der Waals surface area contributed by atoms with E-state index in [1.807, 2.05) is 12.1 Å². The zero-order chi connectivity index (χ0) is 21.6. The number of carbonyl (C=O) groups is 1. The number of aromatic nitrogens is 3. The van der Waals surface area contributed by atoms with Crippen molar-refractivity contribution in [2.45, 2.75) is 58.3 Å². The zero-order valence-corrected chi connectivity index (χ0v) is 19.5. The summed E-state index contributed by atoms with van der Waals surface area (Å²) < 4.78 is 0. The molecule has 4 rings (SSSR count). The molecule has 2 aromatic rings. The molecule has 0 spiro atoms. The maximum Gasteiger partial charge on any atom is 0.222 e. The van der Waals surface area contributed by atoms with Crippen LogP contribution < -0.4 is 5.32 Å². The van der Waals surface area contributed by atoms with Gasteiger partial charge in [-0.2, -0.15) is 0 Å². The summed E-state index contributed by atoms with van der Waals surface area (Å²) in [6.07, 6.45) is 6.01. The number of nitrogens with one attached hydrogen (secondary N) is 1. The SMILES string of the molecule is CCc1nnc(Nc2cccc([C@@H]3CCCN(C(=O)CC4CCN(CC)CC4)C3)n2)s1. The smallest absolute Gasteiger partial charge is 0.222 e. The molecule has 2 aliphatic rings. The lowest BCUT2D eigenvalue weighted by molar-refractivity contribution is -0.133. The Balaban J connectivity index is 1.34. The van der Waals surface area contributed by atoms with Gasteiger partial charge in [0.25, 0.3) is 0 Å². The molecule has 0 aromatic carbocycles. The lowest BCUT2D eigenvalue weighted by Crippen LogP contribution is -2.41. The van der Waals surface area contributed by atoms with Crippen molar-refractivity contribution >= 4 is 28.2 Å². The molecular formula is C23H34N6OS. The molecule has 1 N–H and O–H groups in total. The van der Waals surface area contributed by atoms with Crippen LogP contribution in [0.25, 0.3) is 0 Å². The number of carbonyl (C=O) groups excluding carboxylic acids is 1. The van der Waals surface area contributed by atoms with Crippen molar-refractivity contribution in [2.75, 3.05) is 38.0 Å². The van der Waals surface area contributed by atoms with Gasteiger partial charge in [0, 0.05) is 31.1 Å². The largest absolute Gasteiger partial charge is 0.342 e. The topological polar surface area (TPSA) is 74.2 Å². The second kappa shape index (κ2) is 10.5. The lowest BCUT2D eigenvalue weighted by Gasteiger charge is -2.35. The predicted octanol–water partition coefficient (Wildman–Crippen LogP) is 4.07. The molecule has 1 amide bonds. The number of likely N-dealkylation sites (tertiary alicyclic amines) is 2. The highest BCUT2D eigenvalue weighted by atomic mass is 32.1. The molecule has 4 heterocycles. The summed E-state index contributed by atoms with van der Waals surface area (Å²) >= 11 is 1.56. The summed E-state index contributed by atoms with van der Waals surface area (Å²) in [5, 5.41) is 13.4. The zero-order valence-electron chi connectivity index (χ0n) is 18.7. The second-order valence-corrected chi connectivity index (χ2v) is 9.75. The minimum atomic E-state index is 0.294. The monoisotopic (exact) mass is 442 g/mol. The molecule has 0 aliphatic carbocycles. The van der Waals surface area contributed by atoms with Gasteiger partial charge in [0.2, 0.25) is 11.0 Å². The van der Waals surface area contributed by atoms with Crippen LogP contribution >= 0.6 is 11.3 Å². The maximum absolute atomic E-state index is 13.0. The van der Waals surface area contributed by atoms with Crippen LogP contribution in [0, 0.1) is 5.92 Å². The maximum atomic E-state index is 13.0. The predicted molar refractivity (Wildman–Crippen MR) is 125 cm³/mol. The Bertz CT molecular complexity index is 863. The number of hydrogen-bond donors (Lipinski definition) is 1.